The van der Waals surface area contributed by atoms with Crippen molar-refractivity contribution in [2.75, 3.05) is 14.2 Å². The van der Waals surface area contributed by atoms with Crippen molar-refractivity contribution in [3.05, 3.63) is 46.3 Å². The van der Waals surface area contributed by atoms with Gasteiger partial charge in [-0.2, -0.15) is 0 Å². The van der Waals surface area contributed by atoms with Crippen LogP contribution in [-0.4, -0.2) is 19.3 Å². The number of benzene rings is 1. The van der Waals surface area contributed by atoms with E-state index in [0.29, 0.717) is 6.42 Å². The van der Waals surface area contributed by atoms with E-state index in [9.17, 15) is 5.11 Å². The van der Waals surface area contributed by atoms with Crippen LogP contribution in [0.3, 0.4) is 0 Å². The van der Waals surface area contributed by atoms with Gasteiger partial charge in [0.15, 0.2) is 5.06 Å². The molecular formula is C18H24O3S. The fourth-order valence-corrected chi connectivity index (χ4v) is 3.75. The minimum Gasteiger partial charge on any atom is -0.497 e. The van der Waals surface area contributed by atoms with E-state index < -0.39 is 5.60 Å². The molecule has 0 saturated carbocycles. The Bertz CT molecular complexity index is 603. The second-order valence-corrected chi connectivity index (χ2v) is 6.76. The first-order valence-electron chi connectivity index (χ1n) is 7.52. The van der Waals surface area contributed by atoms with Gasteiger partial charge in [-0.15, -0.1) is 11.3 Å². The van der Waals surface area contributed by atoms with Crippen molar-refractivity contribution in [3.63, 3.8) is 0 Å². The van der Waals surface area contributed by atoms with Crippen molar-refractivity contribution in [1.29, 1.82) is 0 Å². The molecule has 0 amide bonds. The van der Waals surface area contributed by atoms with E-state index in [2.05, 4.69) is 6.92 Å². The van der Waals surface area contributed by atoms with Crippen LogP contribution in [0.2, 0.25) is 0 Å². The summed E-state index contributed by atoms with van der Waals surface area (Å²) >= 11 is 1.58. The van der Waals surface area contributed by atoms with Crippen LogP contribution in [-0.2, 0) is 12.0 Å². The minimum absolute atomic E-state index is 0.589. The fraction of sp³-hybridized carbons (Fsp3) is 0.444. The molecule has 3 nitrogen and oxygen atoms in total. The molecule has 22 heavy (non-hydrogen) atoms. The Hall–Kier alpha value is -1.52. The Morgan fingerprint density at radius 3 is 2.32 bits per heavy atom. The highest BCUT2D eigenvalue weighted by molar-refractivity contribution is 7.13. The Morgan fingerprint density at radius 2 is 1.82 bits per heavy atom. The first kappa shape index (κ1) is 16.8. The van der Waals surface area contributed by atoms with Crippen LogP contribution in [0.5, 0.6) is 10.8 Å². The number of methoxy groups -OCH3 is 2. The maximum atomic E-state index is 11.3. The Labute approximate surface area is 136 Å². The third-order valence-corrected chi connectivity index (χ3v) is 4.93. The lowest BCUT2D eigenvalue weighted by atomic mass is 9.84. The number of hydrogen-bond acceptors (Lipinski definition) is 4. The third-order valence-electron chi connectivity index (χ3n) is 3.92. The number of aryl methyl sites for hydroxylation is 1. The lowest BCUT2D eigenvalue weighted by molar-refractivity contribution is 0.0266. The molecule has 4 heteroatoms. The summed E-state index contributed by atoms with van der Waals surface area (Å²) in [5.74, 6) is 0.830. The largest absolute Gasteiger partial charge is 0.497 e. The summed E-state index contributed by atoms with van der Waals surface area (Å²) in [5.41, 5.74) is 1.22. The number of hydrogen-bond donors (Lipinski definition) is 1. The summed E-state index contributed by atoms with van der Waals surface area (Å²) in [6, 6.07) is 9.86. The topological polar surface area (TPSA) is 38.7 Å². The van der Waals surface area contributed by atoms with Gasteiger partial charge in [0.2, 0.25) is 0 Å². The zero-order valence-electron chi connectivity index (χ0n) is 13.7. The molecule has 0 radical (unpaired) electrons. The zero-order chi connectivity index (χ0) is 16.2. The molecule has 1 N–H and O–H groups in total. The van der Waals surface area contributed by atoms with E-state index in [4.69, 9.17) is 9.47 Å². The van der Waals surface area contributed by atoms with E-state index in [1.54, 1.807) is 25.6 Å². The highest BCUT2D eigenvalue weighted by atomic mass is 32.1. The van der Waals surface area contributed by atoms with Gasteiger partial charge >= 0.3 is 0 Å². The second kappa shape index (κ2) is 7.16. The quantitative estimate of drug-likeness (QED) is 0.826. The molecule has 1 atom stereocenters. The number of rotatable bonds is 7. The highest BCUT2D eigenvalue weighted by Gasteiger charge is 2.32. The summed E-state index contributed by atoms with van der Waals surface area (Å²) < 4.78 is 10.5. The molecule has 2 aromatic rings. The van der Waals surface area contributed by atoms with Crippen LogP contribution >= 0.6 is 11.3 Å². The first-order valence-corrected chi connectivity index (χ1v) is 8.34. The van der Waals surface area contributed by atoms with Crippen LogP contribution in [0.25, 0.3) is 0 Å². The van der Waals surface area contributed by atoms with Gasteiger partial charge in [0.05, 0.1) is 19.8 Å². The van der Waals surface area contributed by atoms with Crippen LogP contribution in [0.4, 0.5) is 0 Å². The molecule has 0 spiro atoms. The Morgan fingerprint density at radius 1 is 1.14 bits per heavy atom. The predicted octanol–water partition coefficient (Wildman–Crippen LogP) is 4.30. The normalized spacial score (nSPS) is 13.7. The minimum atomic E-state index is -0.860. The molecule has 1 unspecified atom stereocenters. The summed E-state index contributed by atoms with van der Waals surface area (Å²) in [4.78, 5) is 1.11. The van der Waals surface area contributed by atoms with Gasteiger partial charge in [-0.3, -0.25) is 0 Å². The van der Waals surface area contributed by atoms with Crippen molar-refractivity contribution in [2.24, 2.45) is 0 Å². The van der Waals surface area contributed by atoms with Crippen molar-refractivity contribution < 1.29 is 14.6 Å². The standard InChI is InChI=1S/C18H24O3S/c1-5-10-18(19,16-11-17(21-4)22-13(16)2)12-14-6-8-15(20-3)9-7-14/h6-9,11,19H,5,10,12H2,1-4H3. The van der Waals surface area contributed by atoms with Gasteiger partial charge in [-0.25, -0.2) is 0 Å². The van der Waals surface area contributed by atoms with Gasteiger partial charge in [-0.05, 0) is 37.1 Å². The SMILES string of the molecule is CCCC(O)(Cc1ccc(OC)cc1)c1cc(OC)sc1C. The Kier molecular flexibility index (Phi) is 5.48. The summed E-state index contributed by atoms with van der Waals surface area (Å²) in [7, 11) is 3.32. The summed E-state index contributed by atoms with van der Waals surface area (Å²) in [5, 5.41) is 12.1. The molecule has 1 aromatic carbocycles. The predicted molar refractivity (Wildman–Crippen MR) is 91.1 cm³/mol. The van der Waals surface area contributed by atoms with Crippen LogP contribution in [0.1, 0.15) is 35.8 Å². The average molecular weight is 320 g/mol. The van der Waals surface area contributed by atoms with Crippen molar-refractivity contribution in [3.8, 4) is 10.8 Å². The highest BCUT2D eigenvalue weighted by Crippen LogP contribution is 2.39. The van der Waals surface area contributed by atoms with E-state index in [1.165, 1.54) is 0 Å². The third kappa shape index (κ3) is 3.62. The molecule has 0 aliphatic rings. The van der Waals surface area contributed by atoms with E-state index >= 15 is 0 Å². The second-order valence-electron chi connectivity index (χ2n) is 5.55. The molecular weight excluding hydrogens is 296 g/mol. The lowest BCUT2D eigenvalue weighted by Gasteiger charge is -2.28. The molecule has 0 aliphatic heterocycles. The van der Waals surface area contributed by atoms with Gasteiger partial charge in [-0.1, -0.05) is 25.5 Å². The molecule has 0 saturated heterocycles. The van der Waals surface area contributed by atoms with E-state index in [0.717, 1.165) is 39.7 Å². The van der Waals surface area contributed by atoms with Gasteiger partial charge in [0, 0.05) is 16.9 Å². The number of aliphatic hydroxyl groups is 1. The van der Waals surface area contributed by atoms with Crippen molar-refractivity contribution in [1.82, 2.24) is 0 Å². The molecule has 0 fully saturated rings. The molecule has 2 rings (SSSR count). The first-order chi connectivity index (χ1) is 10.5. The fourth-order valence-electron chi connectivity index (χ4n) is 2.83. The lowest BCUT2D eigenvalue weighted by Crippen LogP contribution is -2.28. The zero-order valence-corrected chi connectivity index (χ0v) is 14.5. The maximum Gasteiger partial charge on any atom is 0.173 e. The van der Waals surface area contributed by atoms with Gasteiger partial charge < -0.3 is 14.6 Å². The number of ether oxygens (including phenoxy) is 2. The summed E-state index contributed by atoms with van der Waals surface area (Å²) in [6.07, 6.45) is 2.23. The molecule has 1 aromatic heterocycles. The van der Waals surface area contributed by atoms with Crippen LogP contribution in [0.15, 0.2) is 30.3 Å². The monoisotopic (exact) mass is 320 g/mol. The molecule has 0 aliphatic carbocycles. The summed E-state index contributed by atoms with van der Waals surface area (Å²) in [6.45, 7) is 4.13. The van der Waals surface area contributed by atoms with Gasteiger partial charge in [0.25, 0.3) is 0 Å². The average Bonchev–Trinajstić information content (AvgIpc) is 2.90. The number of thiophene rings is 1. The maximum absolute atomic E-state index is 11.3. The molecule has 120 valence electrons. The smallest absolute Gasteiger partial charge is 0.173 e. The molecule has 0 bridgehead atoms. The molecule has 1 heterocycles. The van der Waals surface area contributed by atoms with E-state index in [-0.39, 0.29) is 0 Å². The van der Waals surface area contributed by atoms with Gasteiger partial charge in [0.1, 0.15) is 5.75 Å². The van der Waals surface area contributed by atoms with Crippen molar-refractivity contribution in [2.45, 2.75) is 38.7 Å². The Balaban J connectivity index is 2.31. The van der Waals surface area contributed by atoms with Crippen LogP contribution < -0.4 is 9.47 Å². The van der Waals surface area contributed by atoms with E-state index in [1.807, 2.05) is 37.3 Å². The van der Waals surface area contributed by atoms with Crippen molar-refractivity contribution >= 4 is 11.3 Å². The van der Waals surface area contributed by atoms with Crippen LogP contribution in [0, 0.1) is 6.92 Å².